The zero-order chi connectivity index (χ0) is 23.7. The molecule has 3 aromatic rings. The van der Waals surface area contributed by atoms with Crippen molar-refractivity contribution in [2.45, 2.75) is 38.0 Å². The molecule has 6 atom stereocenters. The van der Waals surface area contributed by atoms with Gasteiger partial charge in [0.2, 0.25) is 11.8 Å². The summed E-state index contributed by atoms with van der Waals surface area (Å²) in [5, 5.41) is 19.4. The van der Waals surface area contributed by atoms with Crippen LogP contribution in [0.1, 0.15) is 65.8 Å². The maximum atomic E-state index is 13.8. The number of rotatable bonds is 4. The molecule has 2 N–H and O–H groups in total. The van der Waals surface area contributed by atoms with Gasteiger partial charge in [0.25, 0.3) is 0 Å². The predicted molar refractivity (Wildman–Crippen MR) is 127 cm³/mol. The minimum atomic E-state index is -1.04. The highest BCUT2D eigenvalue weighted by Crippen LogP contribution is 2.61. The topological polar surface area (TPSA) is 85.1 Å². The van der Waals surface area contributed by atoms with Gasteiger partial charge < -0.3 is 5.21 Å². The fraction of sp³-hybridized carbons (Fsp3) is 0.286. The van der Waals surface area contributed by atoms with Gasteiger partial charge in [-0.1, -0.05) is 56.3 Å². The number of anilines is 1. The van der Waals surface area contributed by atoms with Gasteiger partial charge in [-0.2, -0.15) is 5.23 Å². The fourth-order valence-electron chi connectivity index (χ4n) is 6.30. The molecule has 6 heteroatoms. The number of amides is 2. The smallest absolute Gasteiger partial charge is 0.238 e. The van der Waals surface area contributed by atoms with Gasteiger partial charge >= 0.3 is 0 Å². The average Bonchev–Trinajstić information content (AvgIpc) is 3.13. The third-order valence-electron chi connectivity index (χ3n) is 8.12. The van der Waals surface area contributed by atoms with Gasteiger partial charge in [0, 0.05) is 24.0 Å². The molecule has 2 amide bonds. The van der Waals surface area contributed by atoms with E-state index in [4.69, 9.17) is 0 Å². The van der Waals surface area contributed by atoms with Crippen LogP contribution in [0.15, 0.2) is 66.7 Å². The van der Waals surface area contributed by atoms with Crippen LogP contribution in [-0.4, -0.2) is 17.0 Å². The van der Waals surface area contributed by atoms with Crippen LogP contribution in [0.3, 0.4) is 0 Å². The van der Waals surface area contributed by atoms with Crippen LogP contribution in [0.25, 0.3) is 0 Å². The number of hydrogen-bond donors (Lipinski definition) is 2. The van der Waals surface area contributed by atoms with E-state index in [0.29, 0.717) is 11.6 Å². The summed E-state index contributed by atoms with van der Waals surface area (Å²) in [7, 11) is 0. The summed E-state index contributed by atoms with van der Waals surface area (Å²) in [5.74, 6) is -1.19. The van der Waals surface area contributed by atoms with Crippen LogP contribution < -0.4 is 10.1 Å². The summed E-state index contributed by atoms with van der Waals surface area (Å²) in [6.45, 7) is 4.39. The largest absolute Gasteiger partial charge is 0.595 e. The van der Waals surface area contributed by atoms with Gasteiger partial charge in [-0.05, 0) is 52.3 Å². The van der Waals surface area contributed by atoms with Crippen LogP contribution >= 0.6 is 0 Å². The Morgan fingerprint density at radius 2 is 1.44 bits per heavy atom. The molecule has 1 heterocycles. The summed E-state index contributed by atoms with van der Waals surface area (Å²) in [6.07, 6.45) is 1.03. The van der Waals surface area contributed by atoms with E-state index in [1.165, 1.54) is 28.2 Å². The van der Waals surface area contributed by atoms with Crippen molar-refractivity contribution in [1.82, 2.24) is 0 Å². The van der Waals surface area contributed by atoms with E-state index >= 15 is 0 Å². The Balaban J connectivity index is 1.49. The maximum absolute atomic E-state index is 13.8. The Morgan fingerprint density at radius 1 is 0.882 bits per heavy atom. The van der Waals surface area contributed by atoms with E-state index < -0.39 is 17.1 Å². The van der Waals surface area contributed by atoms with E-state index in [2.05, 4.69) is 44.2 Å². The average molecular weight is 455 g/mol. The van der Waals surface area contributed by atoms with Crippen LogP contribution in [0, 0.1) is 17.0 Å². The van der Waals surface area contributed by atoms with Crippen molar-refractivity contribution in [3.05, 3.63) is 99.8 Å². The standard InChI is InChI=1S/C28H26N2O4/c1-3-15(2)16-8-13-21-22(14-16)24-20-7-5-4-6-19(20)23(21)25-26(24)28(32)29(27(25)31)17-9-11-18(12-10-17)30(33)34/h4-15,23-26,30,33H,3H2,1-2H3/t15-,23+,24+,25+,26-/m1/s1. The molecular formula is C28H26N2O4. The molecule has 0 radical (unpaired) electrons. The molecule has 0 saturated carbocycles. The van der Waals surface area contributed by atoms with E-state index in [0.717, 1.165) is 23.1 Å². The maximum Gasteiger partial charge on any atom is 0.238 e. The van der Waals surface area contributed by atoms with Crippen molar-refractivity contribution in [3.63, 3.8) is 0 Å². The van der Waals surface area contributed by atoms with Crippen molar-refractivity contribution in [1.29, 1.82) is 0 Å². The number of benzene rings is 3. The lowest BCUT2D eigenvalue weighted by Gasteiger charge is -2.46. The van der Waals surface area contributed by atoms with E-state index in [-0.39, 0.29) is 29.3 Å². The summed E-state index contributed by atoms with van der Waals surface area (Å²) < 4.78 is 0. The van der Waals surface area contributed by atoms with E-state index in [1.54, 1.807) is 12.1 Å². The lowest BCUT2D eigenvalue weighted by atomic mass is 9.54. The molecule has 1 unspecified atom stereocenters. The molecule has 34 heavy (non-hydrogen) atoms. The highest BCUT2D eigenvalue weighted by atomic mass is 16.8. The normalized spacial score (nSPS) is 26.2. The predicted octanol–water partition coefficient (Wildman–Crippen LogP) is 4.00. The van der Waals surface area contributed by atoms with Gasteiger partial charge in [-0.15, -0.1) is 0 Å². The summed E-state index contributed by atoms with van der Waals surface area (Å²) in [4.78, 5) is 28.9. The van der Waals surface area contributed by atoms with Gasteiger partial charge in [-0.3, -0.25) is 9.59 Å². The Labute approximate surface area is 198 Å². The van der Waals surface area contributed by atoms with Crippen LogP contribution in [0.4, 0.5) is 11.4 Å². The molecule has 0 spiro atoms. The van der Waals surface area contributed by atoms with Crippen molar-refractivity contribution in [2.24, 2.45) is 11.8 Å². The number of nitrogens with one attached hydrogen (secondary N) is 1. The number of carbonyl (C=O) groups excluding carboxylic acids is 2. The van der Waals surface area contributed by atoms with Crippen molar-refractivity contribution >= 4 is 23.2 Å². The molecule has 1 aliphatic heterocycles. The first-order valence-corrected chi connectivity index (χ1v) is 11.9. The number of carbonyl (C=O) groups is 2. The number of quaternary nitrogens is 1. The molecule has 7 rings (SSSR count). The highest BCUT2D eigenvalue weighted by Gasteiger charge is 2.61. The number of imide groups is 1. The zero-order valence-corrected chi connectivity index (χ0v) is 19.1. The third kappa shape index (κ3) is 2.79. The minimum absolute atomic E-state index is 0.123. The van der Waals surface area contributed by atoms with E-state index in [1.807, 2.05) is 12.1 Å². The minimum Gasteiger partial charge on any atom is -0.595 e. The van der Waals surface area contributed by atoms with Crippen LogP contribution in [-0.2, 0) is 9.59 Å². The molecule has 4 aliphatic rings. The van der Waals surface area contributed by atoms with Gasteiger partial charge in [-0.25, -0.2) is 10.1 Å². The third-order valence-corrected chi connectivity index (χ3v) is 8.12. The highest BCUT2D eigenvalue weighted by molar-refractivity contribution is 6.23. The zero-order valence-electron chi connectivity index (χ0n) is 19.1. The molecule has 0 aromatic heterocycles. The summed E-state index contributed by atoms with van der Waals surface area (Å²) in [6, 6.07) is 20.8. The molecular weight excluding hydrogens is 428 g/mol. The monoisotopic (exact) mass is 454 g/mol. The molecule has 1 saturated heterocycles. The lowest BCUT2D eigenvalue weighted by Crippen LogP contribution is -2.99. The second-order valence-electron chi connectivity index (χ2n) is 9.70. The van der Waals surface area contributed by atoms with Crippen molar-refractivity contribution in [2.75, 3.05) is 4.90 Å². The first-order valence-electron chi connectivity index (χ1n) is 11.9. The molecule has 2 bridgehead atoms. The quantitative estimate of drug-likeness (QED) is 0.461. The van der Waals surface area contributed by atoms with Gasteiger partial charge in [0.05, 0.1) is 17.5 Å². The Kier molecular flexibility index (Phi) is 4.74. The summed E-state index contributed by atoms with van der Waals surface area (Å²) >= 11 is 0. The van der Waals surface area contributed by atoms with Gasteiger partial charge in [0.15, 0.2) is 5.69 Å². The van der Waals surface area contributed by atoms with Gasteiger partial charge in [0.1, 0.15) is 0 Å². The lowest BCUT2D eigenvalue weighted by molar-refractivity contribution is -0.991. The number of nitrogens with zero attached hydrogens (tertiary/aromatic N) is 1. The fourth-order valence-corrected chi connectivity index (χ4v) is 6.30. The number of hydrogen-bond acceptors (Lipinski definition) is 4. The second-order valence-corrected chi connectivity index (χ2v) is 9.70. The first kappa shape index (κ1) is 21.2. The summed E-state index contributed by atoms with van der Waals surface area (Å²) in [5.41, 5.74) is 6.43. The SMILES string of the molecule is CC[C@@H](C)c1ccc2c(c1)[C@@H]1c3ccccc3[C@@H]2[C@@H]2C(=O)N(c3ccc([NH+]([O-])O)cc3)C(=O)[C@H]12. The Morgan fingerprint density at radius 3 is 2.00 bits per heavy atom. The van der Waals surface area contributed by atoms with Crippen LogP contribution in [0.2, 0.25) is 0 Å². The van der Waals surface area contributed by atoms with Crippen molar-refractivity contribution in [3.8, 4) is 0 Å². The second kappa shape index (κ2) is 7.60. The molecule has 172 valence electrons. The molecule has 6 nitrogen and oxygen atoms in total. The van der Waals surface area contributed by atoms with E-state index in [9.17, 15) is 20.0 Å². The Hall–Kier alpha value is -3.32. The first-order chi connectivity index (χ1) is 16.4. The molecule has 1 fully saturated rings. The van der Waals surface area contributed by atoms with Crippen LogP contribution in [0.5, 0.6) is 0 Å². The van der Waals surface area contributed by atoms with Crippen molar-refractivity contribution < 1.29 is 20.0 Å². The Bertz CT molecular complexity index is 1320. The molecule has 3 aliphatic carbocycles. The molecule has 3 aromatic carbocycles.